The van der Waals surface area contributed by atoms with Gasteiger partial charge in [0.05, 0.1) is 22.3 Å². The van der Waals surface area contributed by atoms with Gasteiger partial charge in [-0.2, -0.15) is 0 Å². The van der Waals surface area contributed by atoms with Gasteiger partial charge in [-0.05, 0) is 42.5 Å². The van der Waals surface area contributed by atoms with Crippen LogP contribution in [0.1, 0.15) is 17.3 Å². The lowest BCUT2D eigenvalue weighted by Gasteiger charge is -2.22. The molecule has 0 radical (unpaired) electrons. The SMILES string of the molecule is O=C1C(=O)N(c2nc3ccccc3[nH]2)C(c2ccccn2)/C1=C(\O)c1ccc2c(c1)OCO2. The number of para-hydroxylation sites is 2. The standard InChI is InChI=1S/C24H16N4O5/c29-21(13-8-9-17-18(11-13)33-12-32-17)19-20(16-7-3-4-10-25-16)28(23(31)22(19)30)24-26-14-5-1-2-6-15(14)27-24/h1-11,20,29H,12H2,(H,26,27)/b21-19+. The normalized spacial score (nSPS) is 18.9. The lowest BCUT2D eigenvalue weighted by molar-refractivity contribution is -0.132. The topological polar surface area (TPSA) is 118 Å². The van der Waals surface area contributed by atoms with Crippen LogP contribution in [0.5, 0.6) is 11.5 Å². The molecule has 0 saturated carbocycles. The van der Waals surface area contributed by atoms with E-state index in [0.29, 0.717) is 33.8 Å². The van der Waals surface area contributed by atoms with E-state index in [1.807, 2.05) is 18.2 Å². The fraction of sp³-hybridized carbons (Fsp3) is 0.0833. The van der Waals surface area contributed by atoms with Crippen molar-refractivity contribution in [2.75, 3.05) is 11.7 Å². The minimum atomic E-state index is -0.975. The second-order valence-electron chi connectivity index (χ2n) is 7.57. The predicted octanol–water partition coefficient (Wildman–Crippen LogP) is 3.31. The minimum Gasteiger partial charge on any atom is -0.507 e. The van der Waals surface area contributed by atoms with Crippen LogP contribution < -0.4 is 14.4 Å². The smallest absolute Gasteiger partial charge is 0.302 e. The fourth-order valence-corrected chi connectivity index (χ4v) is 4.12. The molecule has 2 aromatic carbocycles. The summed E-state index contributed by atoms with van der Waals surface area (Å²) in [6, 6.07) is 16.3. The first-order valence-corrected chi connectivity index (χ1v) is 10.2. The maximum Gasteiger partial charge on any atom is 0.302 e. The Labute approximate surface area is 186 Å². The van der Waals surface area contributed by atoms with E-state index in [1.54, 1.807) is 48.7 Å². The van der Waals surface area contributed by atoms with E-state index in [-0.39, 0.29) is 24.1 Å². The fourth-order valence-electron chi connectivity index (χ4n) is 4.12. The molecule has 33 heavy (non-hydrogen) atoms. The average Bonchev–Trinajstić information content (AvgIpc) is 3.55. The first-order valence-electron chi connectivity index (χ1n) is 10.2. The number of carbonyl (C=O) groups excluding carboxylic acids is 2. The number of rotatable bonds is 3. The number of benzene rings is 2. The maximum atomic E-state index is 13.2. The van der Waals surface area contributed by atoms with Gasteiger partial charge >= 0.3 is 5.91 Å². The first-order chi connectivity index (χ1) is 16.1. The summed E-state index contributed by atoms with van der Waals surface area (Å²) in [6.07, 6.45) is 1.56. The van der Waals surface area contributed by atoms with Crippen molar-refractivity contribution in [1.29, 1.82) is 0 Å². The monoisotopic (exact) mass is 440 g/mol. The second kappa shape index (κ2) is 7.20. The number of aliphatic hydroxyl groups is 1. The van der Waals surface area contributed by atoms with Crippen LogP contribution in [0.15, 0.2) is 72.4 Å². The number of ketones is 1. The first kappa shape index (κ1) is 19.1. The van der Waals surface area contributed by atoms with Crippen molar-refractivity contribution in [2.45, 2.75) is 6.04 Å². The van der Waals surface area contributed by atoms with E-state index in [9.17, 15) is 14.7 Å². The van der Waals surface area contributed by atoms with Gasteiger partial charge in [0, 0.05) is 11.8 Å². The number of ether oxygens (including phenoxy) is 2. The number of aromatic amines is 1. The molecule has 2 aromatic heterocycles. The number of Topliss-reactive ketones (excluding diaryl/α,β-unsaturated/α-hetero) is 1. The molecule has 1 atom stereocenters. The average molecular weight is 440 g/mol. The summed E-state index contributed by atoms with van der Waals surface area (Å²) >= 11 is 0. The van der Waals surface area contributed by atoms with Gasteiger partial charge in [-0.1, -0.05) is 18.2 Å². The lowest BCUT2D eigenvalue weighted by atomic mass is 9.98. The number of pyridine rings is 1. The van der Waals surface area contributed by atoms with Crippen LogP contribution in [0.3, 0.4) is 0 Å². The summed E-state index contributed by atoms with van der Waals surface area (Å²) in [6.45, 7) is 0.0733. The van der Waals surface area contributed by atoms with Crippen molar-refractivity contribution in [2.24, 2.45) is 0 Å². The van der Waals surface area contributed by atoms with Gasteiger partial charge in [0.25, 0.3) is 5.78 Å². The third-order valence-corrected chi connectivity index (χ3v) is 5.66. The molecule has 162 valence electrons. The van der Waals surface area contributed by atoms with Crippen LogP contribution in [-0.4, -0.2) is 38.5 Å². The minimum absolute atomic E-state index is 0.0733. The number of nitrogens with one attached hydrogen (secondary N) is 1. The van der Waals surface area contributed by atoms with Crippen molar-refractivity contribution in [3.05, 3.63) is 83.7 Å². The van der Waals surface area contributed by atoms with Crippen LogP contribution in [0.25, 0.3) is 16.8 Å². The number of anilines is 1. The Hall–Kier alpha value is -4.66. The van der Waals surface area contributed by atoms with Crippen LogP contribution in [0.2, 0.25) is 0 Å². The van der Waals surface area contributed by atoms with Gasteiger partial charge in [-0.25, -0.2) is 4.98 Å². The van der Waals surface area contributed by atoms with Gasteiger partial charge < -0.3 is 19.6 Å². The number of nitrogens with zero attached hydrogens (tertiary/aromatic N) is 3. The van der Waals surface area contributed by atoms with Gasteiger partial charge in [0.15, 0.2) is 11.5 Å². The molecule has 1 amide bonds. The quantitative estimate of drug-likeness (QED) is 0.285. The predicted molar refractivity (Wildman–Crippen MR) is 118 cm³/mol. The Morgan fingerprint density at radius 2 is 1.85 bits per heavy atom. The summed E-state index contributed by atoms with van der Waals surface area (Å²) in [4.78, 5) is 39.6. The molecule has 4 heterocycles. The van der Waals surface area contributed by atoms with E-state index in [4.69, 9.17) is 9.47 Å². The number of amides is 1. The van der Waals surface area contributed by atoms with Gasteiger partial charge in [0.2, 0.25) is 12.7 Å². The zero-order chi connectivity index (χ0) is 22.5. The molecule has 1 saturated heterocycles. The van der Waals surface area contributed by atoms with Gasteiger partial charge in [-0.15, -0.1) is 0 Å². The molecule has 2 N–H and O–H groups in total. The Bertz CT molecular complexity index is 1430. The van der Waals surface area contributed by atoms with Gasteiger partial charge in [-0.3, -0.25) is 19.5 Å². The molecule has 2 aliphatic rings. The number of imidazole rings is 1. The third kappa shape index (κ3) is 2.93. The molecule has 6 rings (SSSR count). The summed E-state index contributed by atoms with van der Waals surface area (Å²) < 4.78 is 10.7. The van der Waals surface area contributed by atoms with E-state index in [2.05, 4.69) is 15.0 Å². The molecule has 2 aliphatic heterocycles. The molecule has 1 fully saturated rings. The van der Waals surface area contributed by atoms with Crippen LogP contribution >= 0.6 is 0 Å². The highest BCUT2D eigenvalue weighted by molar-refractivity contribution is 6.51. The van der Waals surface area contributed by atoms with Crippen molar-refractivity contribution < 1.29 is 24.2 Å². The summed E-state index contributed by atoms with van der Waals surface area (Å²) in [5, 5.41) is 11.2. The zero-order valence-electron chi connectivity index (χ0n) is 17.1. The number of fused-ring (bicyclic) bond motifs is 2. The lowest BCUT2D eigenvalue weighted by Crippen LogP contribution is -2.30. The molecule has 9 heteroatoms. The molecule has 9 nitrogen and oxygen atoms in total. The van der Waals surface area contributed by atoms with Crippen LogP contribution in [-0.2, 0) is 9.59 Å². The van der Waals surface area contributed by atoms with E-state index in [1.165, 1.54) is 4.90 Å². The number of aromatic nitrogens is 3. The van der Waals surface area contributed by atoms with Crippen LogP contribution in [0.4, 0.5) is 5.95 Å². The molecule has 0 aliphatic carbocycles. The molecule has 0 spiro atoms. The highest BCUT2D eigenvalue weighted by atomic mass is 16.7. The van der Waals surface area contributed by atoms with Gasteiger partial charge in [0.1, 0.15) is 11.8 Å². The molecule has 0 bridgehead atoms. The van der Waals surface area contributed by atoms with Crippen molar-refractivity contribution >= 4 is 34.4 Å². The van der Waals surface area contributed by atoms with Crippen LogP contribution in [0, 0.1) is 0 Å². The zero-order valence-corrected chi connectivity index (χ0v) is 17.1. The number of hydrogen-bond donors (Lipinski definition) is 2. The molecular weight excluding hydrogens is 424 g/mol. The highest BCUT2D eigenvalue weighted by Crippen LogP contribution is 2.42. The summed E-state index contributed by atoms with van der Waals surface area (Å²) in [5.41, 5.74) is 2.01. The molecule has 4 aromatic rings. The number of aliphatic hydroxyl groups excluding tert-OH is 1. The molecular formula is C24H16N4O5. The largest absolute Gasteiger partial charge is 0.507 e. The molecule has 1 unspecified atom stereocenters. The Morgan fingerprint density at radius 3 is 2.67 bits per heavy atom. The number of H-pyrrole nitrogens is 1. The summed E-state index contributed by atoms with van der Waals surface area (Å²) in [5.74, 6) is -0.802. The third-order valence-electron chi connectivity index (χ3n) is 5.66. The number of hydrogen-bond acceptors (Lipinski definition) is 7. The van der Waals surface area contributed by atoms with Crippen molar-refractivity contribution in [3.63, 3.8) is 0 Å². The highest BCUT2D eigenvalue weighted by Gasteiger charge is 2.49. The Morgan fingerprint density at radius 1 is 1.03 bits per heavy atom. The van der Waals surface area contributed by atoms with E-state index < -0.39 is 17.7 Å². The van der Waals surface area contributed by atoms with Crippen molar-refractivity contribution in [3.8, 4) is 11.5 Å². The second-order valence-corrected chi connectivity index (χ2v) is 7.57. The Balaban J connectivity index is 1.55. The van der Waals surface area contributed by atoms with Crippen molar-refractivity contribution in [1.82, 2.24) is 15.0 Å². The number of carbonyl (C=O) groups is 2. The Kier molecular flexibility index (Phi) is 4.16. The van der Waals surface area contributed by atoms with E-state index in [0.717, 1.165) is 0 Å². The summed E-state index contributed by atoms with van der Waals surface area (Å²) in [7, 11) is 0. The maximum absolute atomic E-state index is 13.2. The van der Waals surface area contributed by atoms with E-state index >= 15 is 0 Å².